The summed E-state index contributed by atoms with van der Waals surface area (Å²) in [7, 11) is 0. The second kappa shape index (κ2) is 4.61. The summed E-state index contributed by atoms with van der Waals surface area (Å²) in [6, 6.07) is 4.99. The molecule has 0 nitrogen and oxygen atoms in total. The zero-order chi connectivity index (χ0) is 8.97. The first-order chi connectivity index (χ1) is 5.77. The lowest BCUT2D eigenvalue weighted by atomic mass is 10.0. The molecule has 0 aliphatic heterocycles. The van der Waals surface area contributed by atoms with Gasteiger partial charge < -0.3 is 0 Å². The highest BCUT2D eigenvalue weighted by molar-refractivity contribution is 9.08. The molecule has 0 amide bonds. The molecule has 2 heteroatoms. The monoisotopic (exact) mass is 230 g/mol. The Morgan fingerprint density at radius 1 is 1.33 bits per heavy atom. The van der Waals surface area contributed by atoms with Crippen molar-refractivity contribution in [1.29, 1.82) is 0 Å². The summed E-state index contributed by atoms with van der Waals surface area (Å²) in [5.41, 5.74) is 2.31. The highest BCUT2D eigenvalue weighted by atomic mass is 79.9. The van der Waals surface area contributed by atoms with E-state index >= 15 is 0 Å². The molecule has 1 aromatic rings. The second-order valence-corrected chi connectivity index (χ2v) is 3.36. The van der Waals surface area contributed by atoms with Crippen molar-refractivity contribution >= 4 is 15.9 Å². The predicted octanol–water partition coefficient (Wildman–Crippen LogP) is 3.67. The second-order valence-electron chi connectivity index (χ2n) is 2.80. The predicted molar refractivity (Wildman–Crippen MR) is 53.0 cm³/mol. The Morgan fingerprint density at radius 3 is 2.67 bits per heavy atom. The number of hydrogen-bond donors (Lipinski definition) is 0. The molecule has 0 N–H and O–H groups in total. The molecule has 1 aromatic carbocycles. The van der Waals surface area contributed by atoms with Crippen LogP contribution in [0.5, 0.6) is 0 Å². The topological polar surface area (TPSA) is 0 Å². The zero-order valence-corrected chi connectivity index (χ0v) is 8.70. The Balaban J connectivity index is 2.94. The van der Waals surface area contributed by atoms with Gasteiger partial charge in [0.05, 0.1) is 0 Å². The van der Waals surface area contributed by atoms with Gasteiger partial charge in [-0.3, -0.25) is 0 Å². The number of rotatable bonds is 3. The van der Waals surface area contributed by atoms with Gasteiger partial charge in [0.15, 0.2) is 0 Å². The van der Waals surface area contributed by atoms with Gasteiger partial charge in [-0.15, -0.1) is 0 Å². The van der Waals surface area contributed by atoms with Gasteiger partial charge >= 0.3 is 0 Å². The van der Waals surface area contributed by atoms with Gasteiger partial charge in [0.25, 0.3) is 0 Å². The van der Waals surface area contributed by atoms with E-state index in [1.54, 1.807) is 6.07 Å². The largest absolute Gasteiger partial charge is 0.207 e. The smallest absolute Gasteiger partial charge is 0.123 e. The molecule has 12 heavy (non-hydrogen) atoms. The summed E-state index contributed by atoms with van der Waals surface area (Å²) in [6.07, 6.45) is 2.13. The molecule has 0 spiro atoms. The van der Waals surface area contributed by atoms with E-state index in [9.17, 15) is 4.39 Å². The molecular weight excluding hydrogens is 219 g/mol. The first-order valence-electron chi connectivity index (χ1n) is 4.11. The van der Waals surface area contributed by atoms with Crippen LogP contribution in [0.15, 0.2) is 18.2 Å². The highest BCUT2D eigenvalue weighted by Gasteiger charge is 2.01. The Morgan fingerprint density at radius 2 is 2.08 bits per heavy atom. The molecule has 0 aliphatic rings. The molecule has 0 heterocycles. The van der Waals surface area contributed by atoms with Crippen molar-refractivity contribution in [3.63, 3.8) is 0 Å². The summed E-state index contributed by atoms with van der Waals surface area (Å²) in [6.45, 7) is 2.13. The van der Waals surface area contributed by atoms with E-state index in [1.807, 2.05) is 6.07 Å². The van der Waals surface area contributed by atoms with Gasteiger partial charge in [-0.25, -0.2) is 4.39 Å². The number of aryl methyl sites for hydroxylation is 1. The number of hydrogen-bond acceptors (Lipinski definition) is 0. The van der Waals surface area contributed by atoms with E-state index in [0.29, 0.717) is 0 Å². The van der Waals surface area contributed by atoms with Gasteiger partial charge in [-0.05, 0) is 29.7 Å². The van der Waals surface area contributed by atoms with Gasteiger partial charge in [-0.1, -0.05) is 35.3 Å². The van der Waals surface area contributed by atoms with E-state index in [1.165, 1.54) is 11.6 Å². The van der Waals surface area contributed by atoms with Crippen LogP contribution >= 0.6 is 15.9 Å². The fourth-order valence-electron chi connectivity index (χ4n) is 1.23. The average molecular weight is 231 g/mol. The summed E-state index contributed by atoms with van der Waals surface area (Å²) in [4.78, 5) is 0. The minimum atomic E-state index is -0.149. The Kier molecular flexibility index (Phi) is 3.73. The third kappa shape index (κ3) is 2.31. The van der Waals surface area contributed by atoms with E-state index < -0.39 is 0 Å². The lowest BCUT2D eigenvalue weighted by molar-refractivity contribution is 0.625. The molecular formula is C10H12BrF. The standard InChI is InChI=1S/C10H12BrF/c1-2-3-8-4-5-10(12)6-9(8)7-11/h4-6H,2-3,7H2,1H3. The lowest BCUT2D eigenvalue weighted by Crippen LogP contribution is -1.91. The summed E-state index contributed by atoms with van der Waals surface area (Å²) in [5, 5.41) is 0.736. The normalized spacial score (nSPS) is 10.2. The molecule has 0 saturated heterocycles. The minimum absolute atomic E-state index is 0.149. The first-order valence-corrected chi connectivity index (χ1v) is 5.23. The van der Waals surface area contributed by atoms with Crippen molar-refractivity contribution in [3.05, 3.63) is 35.1 Å². The van der Waals surface area contributed by atoms with Crippen molar-refractivity contribution in [1.82, 2.24) is 0 Å². The number of alkyl halides is 1. The fraction of sp³-hybridized carbons (Fsp3) is 0.400. The van der Waals surface area contributed by atoms with Crippen LogP contribution in [0.1, 0.15) is 24.5 Å². The molecule has 0 radical (unpaired) electrons. The van der Waals surface area contributed by atoms with Crippen LogP contribution in [0.3, 0.4) is 0 Å². The van der Waals surface area contributed by atoms with E-state index in [0.717, 1.165) is 23.7 Å². The minimum Gasteiger partial charge on any atom is -0.207 e. The molecule has 0 atom stereocenters. The third-order valence-electron chi connectivity index (χ3n) is 1.83. The van der Waals surface area contributed by atoms with Crippen molar-refractivity contribution in [2.75, 3.05) is 0 Å². The maximum Gasteiger partial charge on any atom is 0.123 e. The summed E-state index contributed by atoms with van der Waals surface area (Å²) >= 11 is 3.35. The fourth-order valence-corrected chi connectivity index (χ4v) is 1.75. The van der Waals surface area contributed by atoms with Crippen molar-refractivity contribution in [2.24, 2.45) is 0 Å². The molecule has 0 saturated carbocycles. The SMILES string of the molecule is CCCc1ccc(F)cc1CBr. The molecule has 0 unspecified atom stereocenters. The van der Waals surface area contributed by atoms with Gasteiger partial charge in [0.1, 0.15) is 5.82 Å². The summed E-state index contributed by atoms with van der Waals surface area (Å²) in [5.74, 6) is -0.149. The van der Waals surface area contributed by atoms with Crippen molar-refractivity contribution in [2.45, 2.75) is 25.1 Å². The molecule has 0 aliphatic carbocycles. The molecule has 0 fully saturated rings. The van der Waals surface area contributed by atoms with Crippen LogP contribution in [0.4, 0.5) is 4.39 Å². The van der Waals surface area contributed by atoms with Crippen LogP contribution in [-0.4, -0.2) is 0 Å². The Hall–Kier alpha value is -0.370. The lowest BCUT2D eigenvalue weighted by Gasteiger charge is -2.04. The number of halogens is 2. The average Bonchev–Trinajstić information content (AvgIpc) is 2.08. The van der Waals surface area contributed by atoms with Crippen LogP contribution in [0, 0.1) is 5.82 Å². The Bertz CT molecular complexity index is 258. The van der Waals surface area contributed by atoms with E-state index in [-0.39, 0.29) is 5.82 Å². The molecule has 1 rings (SSSR count). The van der Waals surface area contributed by atoms with Crippen LogP contribution < -0.4 is 0 Å². The quantitative estimate of drug-likeness (QED) is 0.696. The van der Waals surface area contributed by atoms with Crippen molar-refractivity contribution in [3.8, 4) is 0 Å². The first kappa shape index (κ1) is 9.72. The molecule has 0 bridgehead atoms. The zero-order valence-electron chi connectivity index (χ0n) is 7.11. The van der Waals surface area contributed by atoms with E-state index in [2.05, 4.69) is 22.9 Å². The maximum absolute atomic E-state index is 12.8. The number of benzene rings is 1. The van der Waals surface area contributed by atoms with Crippen molar-refractivity contribution < 1.29 is 4.39 Å². The van der Waals surface area contributed by atoms with Gasteiger partial charge in [0, 0.05) is 5.33 Å². The van der Waals surface area contributed by atoms with Crippen LogP contribution in [0.2, 0.25) is 0 Å². The summed E-state index contributed by atoms with van der Waals surface area (Å²) < 4.78 is 12.8. The molecule has 0 aromatic heterocycles. The highest BCUT2D eigenvalue weighted by Crippen LogP contribution is 2.16. The Labute approximate surface area is 80.9 Å². The van der Waals surface area contributed by atoms with Crippen LogP contribution in [-0.2, 0) is 11.8 Å². The maximum atomic E-state index is 12.8. The molecule has 66 valence electrons. The van der Waals surface area contributed by atoms with Gasteiger partial charge in [-0.2, -0.15) is 0 Å². The van der Waals surface area contributed by atoms with Crippen LogP contribution in [0.25, 0.3) is 0 Å². The third-order valence-corrected chi connectivity index (χ3v) is 2.44. The van der Waals surface area contributed by atoms with E-state index in [4.69, 9.17) is 0 Å². The van der Waals surface area contributed by atoms with Gasteiger partial charge in [0.2, 0.25) is 0 Å².